The maximum atomic E-state index is 13.0. The second-order valence-corrected chi connectivity index (χ2v) is 9.61. The molecule has 4 rings (SSSR count). The smallest absolute Gasteiger partial charge is 0.333 e. The standard InChI is InChI=1S/C25H27BrF3N5/c1-17(2)33-13-10-21(11-14-33)34(16-18-3-8-23(26)31-15-18)24-30-12-9-22(32-24)19-4-6-20(7-5-19)25(27,28)29/h3-9,12,15,17,21H,10-11,13-14,16H2,1-2H3. The van der Waals surface area contributed by atoms with Gasteiger partial charge in [0, 0.05) is 49.7 Å². The average Bonchev–Trinajstić information content (AvgIpc) is 2.83. The maximum Gasteiger partial charge on any atom is 0.416 e. The summed E-state index contributed by atoms with van der Waals surface area (Å²) in [6.45, 7) is 7.01. The minimum absolute atomic E-state index is 0.251. The Morgan fingerprint density at radius 1 is 1.03 bits per heavy atom. The predicted octanol–water partition coefficient (Wildman–Crippen LogP) is 6.20. The Morgan fingerprint density at radius 2 is 1.74 bits per heavy atom. The number of hydrogen-bond donors (Lipinski definition) is 0. The number of halogens is 4. The van der Waals surface area contributed by atoms with Crippen LogP contribution in [-0.2, 0) is 12.7 Å². The van der Waals surface area contributed by atoms with Gasteiger partial charge in [-0.2, -0.15) is 13.2 Å². The molecule has 0 atom stereocenters. The molecule has 0 N–H and O–H groups in total. The first-order valence-corrected chi connectivity index (χ1v) is 12.1. The molecular weight excluding hydrogens is 507 g/mol. The van der Waals surface area contributed by atoms with Gasteiger partial charge in [0.05, 0.1) is 11.3 Å². The number of anilines is 1. The van der Waals surface area contributed by atoms with E-state index in [2.05, 4.69) is 49.5 Å². The Morgan fingerprint density at radius 3 is 2.32 bits per heavy atom. The summed E-state index contributed by atoms with van der Waals surface area (Å²) in [5.41, 5.74) is 1.58. The molecule has 0 aliphatic carbocycles. The number of piperidine rings is 1. The number of nitrogens with zero attached hydrogens (tertiary/aromatic N) is 5. The van der Waals surface area contributed by atoms with Gasteiger partial charge in [-0.25, -0.2) is 15.0 Å². The molecule has 1 aliphatic rings. The zero-order valence-electron chi connectivity index (χ0n) is 19.1. The molecule has 34 heavy (non-hydrogen) atoms. The van der Waals surface area contributed by atoms with Crippen molar-refractivity contribution >= 4 is 21.9 Å². The molecule has 1 fully saturated rings. The van der Waals surface area contributed by atoms with Gasteiger partial charge in [0.15, 0.2) is 0 Å². The lowest BCUT2D eigenvalue weighted by Gasteiger charge is -2.40. The first kappa shape index (κ1) is 24.6. The summed E-state index contributed by atoms with van der Waals surface area (Å²) in [7, 11) is 0. The van der Waals surface area contributed by atoms with Crippen molar-refractivity contribution in [3.63, 3.8) is 0 Å². The summed E-state index contributed by atoms with van der Waals surface area (Å²) in [5.74, 6) is 0.573. The van der Waals surface area contributed by atoms with Crippen molar-refractivity contribution in [2.45, 2.75) is 51.5 Å². The highest BCUT2D eigenvalue weighted by molar-refractivity contribution is 9.10. The van der Waals surface area contributed by atoms with Crippen LogP contribution in [0.5, 0.6) is 0 Å². The van der Waals surface area contributed by atoms with Crippen LogP contribution >= 0.6 is 15.9 Å². The minimum atomic E-state index is -4.37. The van der Waals surface area contributed by atoms with Crippen molar-refractivity contribution in [3.05, 3.63) is 70.6 Å². The molecule has 2 aromatic heterocycles. The van der Waals surface area contributed by atoms with E-state index in [1.54, 1.807) is 12.3 Å². The van der Waals surface area contributed by atoms with Crippen LogP contribution in [0.2, 0.25) is 0 Å². The molecule has 0 bridgehead atoms. The molecule has 1 aromatic carbocycles. The van der Waals surface area contributed by atoms with Gasteiger partial charge in [-0.15, -0.1) is 0 Å². The van der Waals surface area contributed by atoms with Crippen molar-refractivity contribution < 1.29 is 13.2 Å². The summed E-state index contributed by atoms with van der Waals surface area (Å²) in [4.78, 5) is 18.3. The largest absolute Gasteiger partial charge is 0.416 e. The lowest BCUT2D eigenvalue weighted by atomic mass is 10.0. The van der Waals surface area contributed by atoms with Crippen LogP contribution in [0.25, 0.3) is 11.3 Å². The number of benzene rings is 1. The third kappa shape index (κ3) is 5.93. The van der Waals surface area contributed by atoms with E-state index in [9.17, 15) is 13.2 Å². The quantitative estimate of drug-likeness (QED) is 0.353. The number of pyridine rings is 1. The fraction of sp³-hybridized carbons (Fsp3) is 0.400. The number of hydrogen-bond acceptors (Lipinski definition) is 5. The SMILES string of the molecule is CC(C)N1CCC(N(Cc2ccc(Br)nc2)c2nccc(-c3ccc(C(F)(F)F)cc3)n2)CC1. The van der Waals surface area contributed by atoms with E-state index in [0.717, 1.165) is 48.2 Å². The fourth-order valence-corrected chi connectivity index (χ4v) is 4.49. The van der Waals surface area contributed by atoms with Crippen molar-refractivity contribution in [2.75, 3.05) is 18.0 Å². The van der Waals surface area contributed by atoms with Gasteiger partial charge in [0.2, 0.25) is 5.95 Å². The molecule has 5 nitrogen and oxygen atoms in total. The van der Waals surface area contributed by atoms with Crippen LogP contribution in [-0.4, -0.2) is 45.0 Å². The lowest BCUT2D eigenvalue weighted by molar-refractivity contribution is -0.137. The van der Waals surface area contributed by atoms with E-state index >= 15 is 0 Å². The fourth-order valence-electron chi connectivity index (χ4n) is 4.25. The van der Waals surface area contributed by atoms with E-state index in [1.807, 2.05) is 18.3 Å². The first-order chi connectivity index (χ1) is 16.2. The summed E-state index contributed by atoms with van der Waals surface area (Å²) in [6.07, 6.45) is 1.10. The third-order valence-corrected chi connectivity index (χ3v) is 6.69. The van der Waals surface area contributed by atoms with Gasteiger partial charge in [-0.1, -0.05) is 18.2 Å². The molecule has 3 heterocycles. The molecule has 0 saturated carbocycles. The van der Waals surface area contributed by atoms with Crippen LogP contribution in [0.3, 0.4) is 0 Å². The second-order valence-electron chi connectivity index (χ2n) is 8.79. The van der Waals surface area contributed by atoms with E-state index < -0.39 is 11.7 Å². The second kappa shape index (κ2) is 10.4. The van der Waals surface area contributed by atoms with Crippen molar-refractivity contribution in [3.8, 4) is 11.3 Å². The molecule has 0 radical (unpaired) electrons. The highest BCUT2D eigenvalue weighted by Crippen LogP contribution is 2.31. The molecule has 0 unspecified atom stereocenters. The van der Waals surface area contributed by atoms with Crippen LogP contribution in [0.15, 0.2) is 59.5 Å². The summed E-state index contributed by atoms with van der Waals surface area (Å²) in [6, 6.07) is 11.5. The van der Waals surface area contributed by atoms with E-state index in [1.165, 1.54) is 12.1 Å². The van der Waals surface area contributed by atoms with Gasteiger partial charge in [0.25, 0.3) is 0 Å². The van der Waals surface area contributed by atoms with Crippen LogP contribution < -0.4 is 4.90 Å². The number of aromatic nitrogens is 3. The Balaban J connectivity index is 1.62. The highest BCUT2D eigenvalue weighted by Gasteiger charge is 2.30. The molecule has 0 amide bonds. The Kier molecular flexibility index (Phi) is 7.52. The van der Waals surface area contributed by atoms with E-state index in [0.29, 0.717) is 29.8 Å². The highest BCUT2D eigenvalue weighted by atomic mass is 79.9. The molecule has 1 aliphatic heterocycles. The van der Waals surface area contributed by atoms with E-state index in [-0.39, 0.29) is 6.04 Å². The molecule has 1 saturated heterocycles. The monoisotopic (exact) mass is 533 g/mol. The molecule has 0 spiro atoms. The molecule has 3 aromatic rings. The molecule has 9 heteroatoms. The van der Waals surface area contributed by atoms with E-state index in [4.69, 9.17) is 4.98 Å². The topological polar surface area (TPSA) is 45.2 Å². The van der Waals surface area contributed by atoms with Gasteiger partial charge >= 0.3 is 6.18 Å². The van der Waals surface area contributed by atoms with Crippen LogP contribution in [0.4, 0.5) is 19.1 Å². The normalized spacial score (nSPS) is 15.6. The van der Waals surface area contributed by atoms with Gasteiger partial charge in [-0.3, -0.25) is 0 Å². The Bertz CT molecular complexity index is 1080. The van der Waals surface area contributed by atoms with Crippen molar-refractivity contribution in [1.29, 1.82) is 0 Å². The molecular formula is C25H27BrF3N5. The number of likely N-dealkylation sites (tertiary alicyclic amines) is 1. The Labute approximate surface area is 206 Å². The Hall–Kier alpha value is -2.52. The number of rotatable bonds is 6. The predicted molar refractivity (Wildman–Crippen MR) is 130 cm³/mol. The van der Waals surface area contributed by atoms with Gasteiger partial charge in [0.1, 0.15) is 4.60 Å². The van der Waals surface area contributed by atoms with Gasteiger partial charge in [-0.05, 0) is 72.4 Å². The zero-order valence-corrected chi connectivity index (χ0v) is 20.7. The minimum Gasteiger partial charge on any atom is -0.333 e. The third-order valence-electron chi connectivity index (χ3n) is 6.22. The lowest BCUT2D eigenvalue weighted by Crippen LogP contribution is -2.47. The van der Waals surface area contributed by atoms with Gasteiger partial charge < -0.3 is 9.80 Å². The van der Waals surface area contributed by atoms with Crippen LogP contribution in [0, 0.1) is 0 Å². The van der Waals surface area contributed by atoms with Crippen molar-refractivity contribution in [1.82, 2.24) is 19.9 Å². The summed E-state index contributed by atoms with van der Waals surface area (Å²) >= 11 is 3.38. The number of alkyl halides is 3. The summed E-state index contributed by atoms with van der Waals surface area (Å²) in [5, 5.41) is 0. The summed E-state index contributed by atoms with van der Waals surface area (Å²) < 4.78 is 39.7. The molecule has 180 valence electrons. The maximum absolute atomic E-state index is 13.0. The average molecular weight is 534 g/mol. The van der Waals surface area contributed by atoms with Crippen LogP contribution in [0.1, 0.15) is 37.8 Å². The first-order valence-electron chi connectivity index (χ1n) is 11.3. The zero-order chi connectivity index (χ0) is 24.3. The van der Waals surface area contributed by atoms with Crippen molar-refractivity contribution in [2.24, 2.45) is 0 Å².